The summed E-state index contributed by atoms with van der Waals surface area (Å²) in [6, 6.07) is 8.40. The highest BCUT2D eigenvalue weighted by molar-refractivity contribution is 5.78. The van der Waals surface area contributed by atoms with Crippen molar-refractivity contribution in [3.8, 4) is 0 Å². The first-order valence-electron chi connectivity index (χ1n) is 5.55. The van der Waals surface area contributed by atoms with Crippen LogP contribution >= 0.6 is 0 Å². The van der Waals surface area contributed by atoms with Crippen molar-refractivity contribution in [1.29, 1.82) is 0 Å². The van der Waals surface area contributed by atoms with Crippen LogP contribution in [0.25, 0.3) is 11.0 Å². The summed E-state index contributed by atoms with van der Waals surface area (Å²) in [6.45, 7) is 4.88. The summed E-state index contributed by atoms with van der Waals surface area (Å²) >= 11 is 0. The topological polar surface area (TPSA) is 50.1 Å². The van der Waals surface area contributed by atoms with Crippen LogP contribution in [0.3, 0.4) is 0 Å². The zero-order valence-corrected chi connectivity index (χ0v) is 9.64. The molecule has 0 aliphatic rings. The van der Waals surface area contributed by atoms with Crippen molar-refractivity contribution in [1.82, 2.24) is 9.55 Å². The van der Waals surface area contributed by atoms with Gasteiger partial charge in [-0.2, -0.15) is 0 Å². The number of hydrogen-bond acceptors (Lipinski definition) is 3. The molecule has 4 nitrogen and oxygen atoms in total. The Balaban J connectivity index is 2.50. The average Bonchev–Trinajstić information content (AvgIpc) is 2.64. The van der Waals surface area contributed by atoms with Gasteiger partial charge in [0, 0.05) is 12.6 Å². The summed E-state index contributed by atoms with van der Waals surface area (Å²) in [5.74, 6) is 0.824. The molecular weight excluding hydrogens is 202 g/mol. The first kappa shape index (κ1) is 11.0. The second kappa shape index (κ2) is 4.53. The van der Waals surface area contributed by atoms with Crippen molar-refractivity contribution < 1.29 is 5.11 Å². The molecule has 4 heteroatoms. The number of fused-ring (bicyclic) bond motifs is 1. The number of nitrogens with one attached hydrogen (secondary N) is 1. The van der Waals surface area contributed by atoms with Gasteiger partial charge in [-0.25, -0.2) is 4.98 Å². The monoisotopic (exact) mass is 219 g/mol. The molecule has 0 radical (unpaired) electrons. The summed E-state index contributed by atoms with van der Waals surface area (Å²) in [5.41, 5.74) is 2.11. The minimum atomic E-state index is 0.112. The summed E-state index contributed by atoms with van der Waals surface area (Å²) in [4.78, 5) is 4.51. The summed E-state index contributed by atoms with van der Waals surface area (Å²) in [7, 11) is 0. The molecule has 16 heavy (non-hydrogen) atoms. The third-order valence-corrected chi connectivity index (χ3v) is 2.51. The van der Waals surface area contributed by atoms with Crippen molar-refractivity contribution in [2.75, 3.05) is 18.5 Å². The first-order valence-corrected chi connectivity index (χ1v) is 5.55. The molecule has 1 aromatic heterocycles. The fourth-order valence-corrected chi connectivity index (χ4v) is 1.86. The third kappa shape index (κ3) is 1.88. The Kier molecular flexibility index (Phi) is 3.10. The molecule has 0 amide bonds. The van der Waals surface area contributed by atoms with Gasteiger partial charge in [0.05, 0.1) is 17.6 Å². The Morgan fingerprint density at radius 2 is 2.12 bits per heavy atom. The Bertz CT molecular complexity index is 476. The molecule has 0 aliphatic carbocycles. The van der Waals surface area contributed by atoms with Crippen molar-refractivity contribution in [2.24, 2.45) is 0 Å². The van der Waals surface area contributed by atoms with E-state index >= 15 is 0 Å². The van der Waals surface area contributed by atoms with E-state index in [2.05, 4.69) is 34.8 Å². The van der Waals surface area contributed by atoms with Gasteiger partial charge in [-0.3, -0.25) is 0 Å². The fraction of sp³-hybridized carbons (Fsp3) is 0.417. The molecule has 86 valence electrons. The van der Waals surface area contributed by atoms with E-state index in [1.807, 2.05) is 18.2 Å². The van der Waals surface area contributed by atoms with Gasteiger partial charge in [-0.15, -0.1) is 0 Å². The minimum Gasteiger partial charge on any atom is -0.395 e. The quantitative estimate of drug-likeness (QED) is 0.827. The van der Waals surface area contributed by atoms with E-state index < -0.39 is 0 Å². The molecule has 0 saturated carbocycles. The number of nitrogens with zero attached hydrogens (tertiary/aromatic N) is 2. The second-order valence-electron chi connectivity index (χ2n) is 4.04. The van der Waals surface area contributed by atoms with E-state index in [1.165, 1.54) is 0 Å². The van der Waals surface area contributed by atoms with Crippen molar-refractivity contribution >= 4 is 17.0 Å². The van der Waals surface area contributed by atoms with Gasteiger partial charge >= 0.3 is 0 Å². The number of hydrogen-bond donors (Lipinski definition) is 2. The average molecular weight is 219 g/mol. The molecule has 2 aromatic rings. The summed E-state index contributed by atoms with van der Waals surface area (Å²) < 4.78 is 2.14. The first-order chi connectivity index (χ1) is 7.74. The Hall–Kier alpha value is -1.55. The molecule has 2 N–H and O–H groups in total. The van der Waals surface area contributed by atoms with E-state index in [0.29, 0.717) is 12.6 Å². The van der Waals surface area contributed by atoms with Crippen LogP contribution in [0.1, 0.15) is 19.9 Å². The Morgan fingerprint density at radius 1 is 1.38 bits per heavy atom. The van der Waals surface area contributed by atoms with Gasteiger partial charge in [-0.05, 0) is 26.0 Å². The predicted molar refractivity (Wildman–Crippen MR) is 65.7 cm³/mol. The number of anilines is 1. The zero-order valence-electron chi connectivity index (χ0n) is 9.64. The molecule has 0 atom stereocenters. The van der Waals surface area contributed by atoms with Crippen molar-refractivity contribution in [3.63, 3.8) is 0 Å². The molecule has 0 saturated heterocycles. The number of aliphatic hydroxyl groups excluding tert-OH is 1. The smallest absolute Gasteiger partial charge is 0.204 e. The lowest BCUT2D eigenvalue weighted by molar-refractivity contribution is 0.310. The van der Waals surface area contributed by atoms with Crippen LogP contribution in [0.5, 0.6) is 0 Å². The fourth-order valence-electron chi connectivity index (χ4n) is 1.86. The van der Waals surface area contributed by atoms with E-state index in [1.54, 1.807) is 0 Å². The summed E-state index contributed by atoms with van der Waals surface area (Å²) in [6.07, 6.45) is 0. The predicted octanol–water partition coefficient (Wildman–Crippen LogP) is 2.02. The largest absolute Gasteiger partial charge is 0.395 e. The summed E-state index contributed by atoms with van der Waals surface area (Å²) in [5, 5.41) is 12.0. The van der Waals surface area contributed by atoms with Crippen LogP contribution in [0.15, 0.2) is 24.3 Å². The van der Waals surface area contributed by atoms with E-state index in [9.17, 15) is 0 Å². The van der Waals surface area contributed by atoms with Crippen LogP contribution in [0.2, 0.25) is 0 Å². The number of benzene rings is 1. The normalized spacial score (nSPS) is 11.2. The molecule has 1 heterocycles. The third-order valence-electron chi connectivity index (χ3n) is 2.51. The lowest BCUT2D eigenvalue weighted by atomic mass is 10.3. The maximum absolute atomic E-state index is 8.83. The Morgan fingerprint density at radius 3 is 2.81 bits per heavy atom. The van der Waals surface area contributed by atoms with Gasteiger partial charge in [0.25, 0.3) is 0 Å². The standard InChI is InChI=1S/C12H17N3O/c1-9(2)15-11-6-4-3-5-10(11)14-12(15)13-7-8-16/h3-6,9,16H,7-8H2,1-2H3,(H,13,14). The van der Waals surface area contributed by atoms with Gasteiger partial charge in [0.2, 0.25) is 5.95 Å². The van der Waals surface area contributed by atoms with Gasteiger partial charge < -0.3 is 15.0 Å². The molecule has 0 bridgehead atoms. The molecule has 0 fully saturated rings. The maximum atomic E-state index is 8.83. The molecule has 0 spiro atoms. The number of aliphatic hydroxyl groups is 1. The highest BCUT2D eigenvalue weighted by Gasteiger charge is 2.11. The van der Waals surface area contributed by atoms with Crippen molar-refractivity contribution in [3.05, 3.63) is 24.3 Å². The SMILES string of the molecule is CC(C)n1c(NCCO)nc2ccccc21. The molecule has 1 aromatic carbocycles. The van der Waals surface area contributed by atoms with E-state index in [4.69, 9.17) is 5.11 Å². The van der Waals surface area contributed by atoms with Gasteiger partial charge in [0.1, 0.15) is 0 Å². The van der Waals surface area contributed by atoms with Crippen LogP contribution in [0, 0.1) is 0 Å². The van der Waals surface area contributed by atoms with E-state index in [0.717, 1.165) is 17.0 Å². The number of imidazole rings is 1. The van der Waals surface area contributed by atoms with Gasteiger partial charge in [0.15, 0.2) is 0 Å². The Labute approximate surface area is 94.9 Å². The van der Waals surface area contributed by atoms with E-state index in [-0.39, 0.29) is 6.61 Å². The maximum Gasteiger partial charge on any atom is 0.204 e. The number of aromatic nitrogens is 2. The van der Waals surface area contributed by atoms with Crippen molar-refractivity contribution in [2.45, 2.75) is 19.9 Å². The zero-order chi connectivity index (χ0) is 11.5. The molecule has 0 aliphatic heterocycles. The highest BCUT2D eigenvalue weighted by atomic mass is 16.3. The van der Waals surface area contributed by atoms with Crippen LogP contribution in [0.4, 0.5) is 5.95 Å². The molecule has 0 unspecified atom stereocenters. The van der Waals surface area contributed by atoms with Crippen LogP contribution in [-0.2, 0) is 0 Å². The lowest BCUT2D eigenvalue weighted by Gasteiger charge is -2.13. The van der Waals surface area contributed by atoms with Crippen LogP contribution in [-0.4, -0.2) is 27.8 Å². The number of para-hydroxylation sites is 2. The minimum absolute atomic E-state index is 0.112. The molecular formula is C12H17N3O. The van der Waals surface area contributed by atoms with Crippen LogP contribution < -0.4 is 5.32 Å². The lowest BCUT2D eigenvalue weighted by Crippen LogP contribution is -2.12. The van der Waals surface area contributed by atoms with Gasteiger partial charge in [-0.1, -0.05) is 12.1 Å². The molecule has 2 rings (SSSR count). The highest BCUT2D eigenvalue weighted by Crippen LogP contribution is 2.23. The number of rotatable bonds is 4. The second-order valence-corrected chi connectivity index (χ2v) is 4.04.